The van der Waals surface area contributed by atoms with Crippen LogP contribution in [0.15, 0.2) is 185 Å². The normalized spacial score (nSPS) is 11.8. The Morgan fingerprint density at radius 1 is 0.365 bits per heavy atom. The van der Waals surface area contributed by atoms with E-state index < -0.39 is 0 Å². The van der Waals surface area contributed by atoms with Crippen LogP contribution in [0.1, 0.15) is 0 Å². The highest BCUT2D eigenvalue weighted by molar-refractivity contribution is 7.27. The molecule has 0 unspecified atom stereocenters. The highest BCUT2D eigenvalue weighted by atomic mass is 32.1. The summed E-state index contributed by atoms with van der Waals surface area (Å²) in [6.07, 6.45) is 0. The molecule has 0 atom stereocenters. The van der Waals surface area contributed by atoms with Crippen molar-refractivity contribution in [1.82, 2.24) is 0 Å². The number of anilines is 3. The zero-order valence-corrected chi connectivity index (χ0v) is 28.7. The van der Waals surface area contributed by atoms with Gasteiger partial charge in [0.05, 0.1) is 16.1 Å². The van der Waals surface area contributed by atoms with Crippen molar-refractivity contribution in [2.45, 2.75) is 0 Å². The standard InChI is InChI=1S/C48H29NO2S/c1-2-11-31(12-3-1)34-15-8-17-39-40-18-10-20-42(48(40)52-47(34)39)49(41-19-9-16-38-36-14-5-7-22-44(36)51-46(38)41)33-26-23-30(24-27-33)32-25-28-37-35-13-4-6-21-43(35)50-45(37)29-32/h1-29H. The minimum Gasteiger partial charge on any atom is -0.456 e. The first-order chi connectivity index (χ1) is 25.8. The lowest BCUT2D eigenvalue weighted by atomic mass is 10.0. The molecule has 3 aromatic heterocycles. The number of fused-ring (bicyclic) bond motifs is 9. The fourth-order valence-electron chi connectivity index (χ4n) is 7.85. The van der Waals surface area contributed by atoms with Crippen molar-refractivity contribution in [3.05, 3.63) is 176 Å². The van der Waals surface area contributed by atoms with Crippen LogP contribution >= 0.6 is 11.3 Å². The second-order valence-electron chi connectivity index (χ2n) is 13.2. The van der Waals surface area contributed by atoms with Gasteiger partial charge in [0.1, 0.15) is 16.7 Å². The maximum Gasteiger partial charge on any atom is 0.159 e. The summed E-state index contributed by atoms with van der Waals surface area (Å²) in [5, 5.41) is 7.00. The van der Waals surface area contributed by atoms with Gasteiger partial charge in [0.25, 0.3) is 0 Å². The van der Waals surface area contributed by atoms with E-state index in [1.807, 2.05) is 29.5 Å². The molecule has 0 saturated carbocycles. The summed E-state index contributed by atoms with van der Waals surface area (Å²) in [5.41, 5.74) is 11.4. The van der Waals surface area contributed by atoms with Crippen LogP contribution in [0.25, 0.3) is 86.3 Å². The van der Waals surface area contributed by atoms with Crippen molar-refractivity contribution in [3.8, 4) is 22.3 Å². The topological polar surface area (TPSA) is 29.5 Å². The molecule has 4 heteroatoms. The molecule has 11 aromatic rings. The van der Waals surface area contributed by atoms with Crippen molar-refractivity contribution in [3.63, 3.8) is 0 Å². The molecule has 0 bridgehead atoms. The Morgan fingerprint density at radius 3 is 1.77 bits per heavy atom. The van der Waals surface area contributed by atoms with E-state index in [4.69, 9.17) is 8.83 Å². The van der Waals surface area contributed by atoms with E-state index >= 15 is 0 Å². The summed E-state index contributed by atoms with van der Waals surface area (Å²) in [6.45, 7) is 0. The zero-order valence-electron chi connectivity index (χ0n) is 27.9. The maximum absolute atomic E-state index is 6.67. The van der Waals surface area contributed by atoms with E-state index in [1.54, 1.807) is 0 Å². The van der Waals surface area contributed by atoms with Crippen LogP contribution in [-0.2, 0) is 0 Å². The molecular weight excluding hydrogens is 655 g/mol. The first-order valence-corrected chi connectivity index (χ1v) is 18.3. The Kier molecular flexibility index (Phi) is 6.42. The molecule has 0 aliphatic rings. The lowest BCUT2D eigenvalue weighted by Crippen LogP contribution is -2.10. The van der Waals surface area contributed by atoms with Gasteiger partial charge >= 0.3 is 0 Å². The van der Waals surface area contributed by atoms with Gasteiger partial charge in [-0.3, -0.25) is 0 Å². The number of hydrogen-bond donors (Lipinski definition) is 0. The number of benzene rings is 8. The van der Waals surface area contributed by atoms with Gasteiger partial charge in [-0.15, -0.1) is 11.3 Å². The minimum atomic E-state index is 0.867. The lowest BCUT2D eigenvalue weighted by Gasteiger charge is -2.26. The first kappa shape index (κ1) is 29.1. The Hall–Kier alpha value is -6.62. The van der Waals surface area contributed by atoms with E-state index in [0.29, 0.717) is 0 Å². The van der Waals surface area contributed by atoms with E-state index in [-0.39, 0.29) is 0 Å². The van der Waals surface area contributed by atoms with Crippen LogP contribution in [0.4, 0.5) is 17.1 Å². The molecule has 3 heterocycles. The number of furan rings is 2. The number of thiophene rings is 1. The van der Waals surface area contributed by atoms with Gasteiger partial charge in [-0.2, -0.15) is 0 Å². The monoisotopic (exact) mass is 683 g/mol. The van der Waals surface area contributed by atoms with Crippen molar-refractivity contribution >= 4 is 92.4 Å². The molecule has 0 radical (unpaired) electrons. The van der Waals surface area contributed by atoms with E-state index in [0.717, 1.165) is 72.1 Å². The summed E-state index contributed by atoms with van der Waals surface area (Å²) < 4.78 is 15.4. The van der Waals surface area contributed by atoms with Crippen molar-refractivity contribution in [2.75, 3.05) is 4.90 Å². The van der Waals surface area contributed by atoms with Crippen LogP contribution in [0.5, 0.6) is 0 Å². The van der Waals surface area contributed by atoms with Gasteiger partial charge < -0.3 is 13.7 Å². The molecule has 0 saturated heterocycles. The lowest BCUT2D eigenvalue weighted by molar-refractivity contribution is 0.668. The highest BCUT2D eigenvalue weighted by Crippen LogP contribution is 2.49. The van der Waals surface area contributed by atoms with Gasteiger partial charge in [-0.1, -0.05) is 127 Å². The quantitative estimate of drug-likeness (QED) is 0.181. The zero-order chi connectivity index (χ0) is 34.2. The third-order valence-corrected chi connectivity index (χ3v) is 11.6. The molecule has 3 nitrogen and oxygen atoms in total. The van der Waals surface area contributed by atoms with Crippen LogP contribution in [0.3, 0.4) is 0 Å². The molecule has 8 aromatic carbocycles. The fourth-order valence-corrected chi connectivity index (χ4v) is 9.19. The largest absolute Gasteiger partial charge is 0.456 e. The van der Waals surface area contributed by atoms with Gasteiger partial charge in [0, 0.05) is 42.7 Å². The molecule has 0 fully saturated rings. The Morgan fingerprint density at radius 2 is 0.962 bits per heavy atom. The van der Waals surface area contributed by atoms with Crippen LogP contribution < -0.4 is 4.90 Å². The molecule has 52 heavy (non-hydrogen) atoms. The average molecular weight is 684 g/mol. The fraction of sp³-hybridized carbons (Fsp3) is 0. The molecule has 0 amide bonds. The molecule has 0 N–H and O–H groups in total. The number of nitrogens with zero attached hydrogens (tertiary/aromatic N) is 1. The van der Waals surface area contributed by atoms with E-state index in [1.165, 1.54) is 31.3 Å². The summed E-state index contributed by atoms with van der Waals surface area (Å²) >= 11 is 1.86. The molecular formula is C48H29NO2S. The Balaban J connectivity index is 1.12. The number of para-hydroxylation sites is 3. The van der Waals surface area contributed by atoms with E-state index in [2.05, 4.69) is 163 Å². The predicted molar refractivity (Wildman–Crippen MR) is 219 cm³/mol. The number of rotatable bonds is 5. The van der Waals surface area contributed by atoms with Crippen molar-refractivity contribution in [2.24, 2.45) is 0 Å². The summed E-state index contributed by atoms with van der Waals surface area (Å²) in [6, 6.07) is 62.4. The van der Waals surface area contributed by atoms with E-state index in [9.17, 15) is 0 Å². The van der Waals surface area contributed by atoms with Gasteiger partial charge in [0.15, 0.2) is 5.58 Å². The summed E-state index contributed by atoms with van der Waals surface area (Å²) in [7, 11) is 0. The van der Waals surface area contributed by atoms with Gasteiger partial charge in [-0.05, 0) is 70.8 Å². The Labute approximate surface area is 303 Å². The van der Waals surface area contributed by atoms with Crippen LogP contribution in [0.2, 0.25) is 0 Å². The molecule has 11 rings (SSSR count). The van der Waals surface area contributed by atoms with Gasteiger partial charge in [0.2, 0.25) is 0 Å². The van der Waals surface area contributed by atoms with Crippen molar-refractivity contribution in [1.29, 1.82) is 0 Å². The summed E-state index contributed by atoms with van der Waals surface area (Å²) in [4.78, 5) is 2.37. The second-order valence-corrected chi connectivity index (χ2v) is 14.3. The Bertz CT molecular complexity index is 3130. The smallest absolute Gasteiger partial charge is 0.159 e. The minimum absolute atomic E-state index is 0.867. The number of hydrogen-bond acceptors (Lipinski definition) is 4. The third-order valence-electron chi connectivity index (χ3n) is 10.3. The third kappa shape index (κ3) is 4.45. The first-order valence-electron chi connectivity index (χ1n) is 17.5. The molecule has 0 spiro atoms. The van der Waals surface area contributed by atoms with Crippen molar-refractivity contribution < 1.29 is 8.83 Å². The second kappa shape index (κ2) is 11.5. The average Bonchev–Trinajstić information content (AvgIpc) is 3.90. The van der Waals surface area contributed by atoms with Crippen LogP contribution in [-0.4, -0.2) is 0 Å². The maximum atomic E-state index is 6.67. The molecule has 244 valence electrons. The van der Waals surface area contributed by atoms with Crippen LogP contribution in [0, 0.1) is 0 Å². The predicted octanol–water partition coefficient (Wildman–Crippen LogP) is 14.7. The SMILES string of the molecule is c1ccc(-c2cccc3c2sc2c(N(c4ccc(-c5ccc6c(c5)oc5ccccc56)cc4)c4cccc5c4oc4ccccc45)cccc23)cc1. The highest BCUT2D eigenvalue weighted by Gasteiger charge is 2.23. The summed E-state index contributed by atoms with van der Waals surface area (Å²) in [5.74, 6) is 0. The molecule has 0 aliphatic carbocycles. The van der Waals surface area contributed by atoms with Gasteiger partial charge in [-0.25, -0.2) is 0 Å². The molecule has 0 aliphatic heterocycles.